The van der Waals surface area contributed by atoms with Gasteiger partial charge in [0.1, 0.15) is 38.1 Å². The van der Waals surface area contributed by atoms with E-state index in [1.54, 1.807) is 13.0 Å². The molecule has 0 unspecified atom stereocenters. The fraction of sp³-hybridized carbons (Fsp3) is 0.705. The number of rotatable bonds is 39. The number of hydrogen-bond acceptors (Lipinski definition) is 15. The van der Waals surface area contributed by atoms with Gasteiger partial charge in [0.2, 0.25) is 0 Å². The Labute approximate surface area is 402 Å². The Morgan fingerprint density at radius 2 is 0.735 bits per heavy atom. The Bertz CT molecular complexity index is 1550. The van der Waals surface area contributed by atoms with E-state index in [0.717, 1.165) is 38.5 Å². The molecule has 0 radical (unpaired) electrons. The van der Waals surface area contributed by atoms with Crippen LogP contribution in [0.25, 0.3) is 0 Å². The number of hydrogen-bond donors (Lipinski definition) is 9. The minimum Gasteiger partial charge on any atom is -0.463 e. The average molecular weight is 1040 g/mol. The van der Waals surface area contributed by atoms with Gasteiger partial charge in [-0.1, -0.05) is 126 Å². The number of ether oxygens (including phenoxy) is 3. The van der Waals surface area contributed by atoms with Crippen molar-refractivity contribution in [2.24, 2.45) is 0 Å². The van der Waals surface area contributed by atoms with Gasteiger partial charge in [-0.05, 0) is 57.8 Å². The van der Waals surface area contributed by atoms with Crippen LogP contribution in [0.2, 0.25) is 0 Å². The van der Waals surface area contributed by atoms with E-state index in [9.17, 15) is 38.3 Å². The molecule has 0 saturated heterocycles. The zero-order chi connectivity index (χ0) is 52.0. The number of esters is 3. The summed E-state index contributed by atoms with van der Waals surface area (Å²) in [6, 6.07) is 0. The van der Waals surface area contributed by atoms with E-state index in [2.05, 4.69) is 68.6 Å². The average Bonchev–Trinajstić information content (AvgIpc) is 3.27. The molecule has 21 nitrogen and oxygen atoms in total. The lowest BCUT2D eigenvalue weighted by Gasteiger charge is -2.12. The third-order valence-corrected chi connectivity index (χ3v) is 9.75. The highest BCUT2D eigenvalue weighted by atomic mass is 31.2. The smallest absolute Gasteiger partial charge is 0.463 e. The monoisotopic (exact) mass is 1040 g/mol. The molecule has 0 aliphatic rings. The fourth-order valence-corrected chi connectivity index (χ4v) is 5.86. The Morgan fingerprint density at radius 1 is 0.412 bits per heavy atom. The van der Waals surface area contributed by atoms with Gasteiger partial charge in [-0.25, -0.2) is 13.7 Å². The number of carbonyl (C=O) groups is 3. The zero-order valence-electron chi connectivity index (χ0n) is 39.9. The minimum atomic E-state index is -4.63. The second-order valence-electron chi connectivity index (χ2n) is 14.9. The van der Waals surface area contributed by atoms with Crippen molar-refractivity contribution in [1.29, 1.82) is 0 Å². The van der Waals surface area contributed by atoms with Gasteiger partial charge in [0, 0.05) is 12.8 Å². The molecule has 398 valence electrons. The summed E-state index contributed by atoms with van der Waals surface area (Å²) in [5.41, 5.74) is 0. The number of aliphatic hydroxyl groups is 3. The minimum absolute atomic E-state index is 0.113. The van der Waals surface area contributed by atoms with Crippen LogP contribution in [-0.4, -0.2) is 121 Å². The maximum absolute atomic E-state index is 11.5. The van der Waals surface area contributed by atoms with E-state index in [0.29, 0.717) is 6.42 Å². The summed E-state index contributed by atoms with van der Waals surface area (Å²) in [6.07, 6.45) is 35.0. The number of phosphoric acid groups is 3. The van der Waals surface area contributed by atoms with Gasteiger partial charge in [0.15, 0.2) is 0 Å². The van der Waals surface area contributed by atoms with Crippen LogP contribution < -0.4 is 0 Å². The molecule has 68 heavy (non-hydrogen) atoms. The van der Waals surface area contributed by atoms with Crippen LogP contribution in [0.15, 0.2) is 60.8 Å². The lowest BCUT2D eigenvalue weighted by Crippen LogP contribution is -2.23. The first-order chi connectivity index (χ1) is 32.0. The van der Waals surface area contributed by atoms with E-state index in [-0.39, 0.29) is 39.1 Å². The first-order valence-electron chi connectivity index (χ1n) is 22.9. The van der Waals surface area contributed by atoms with Crippen molar-refractivity contribution in [3.05, 3.63) is 60.8 Å². The third kappa shape index (κ3) is 63.3. The summed E-state index contributed by atoms with van der Waals surface area (Å²) in [5.74, 6) is -1.47. The third-order valence-electron chi connectivity index (χ3n) is 8.29. The highest BCUT2D eigenvalue weighted by molar-refractivity contribution is 7.46. The Kier molecular flexibility index (Phi) is 47.8. The second kappa shape index (κ2) is 46.7. The van der Waals surface area contributed by atoms with Crippen molar-refractivity contribution in [3.63, 3.8) is 0 Å². The molecule has 24 heteroatoms. The van der Waals surface area contributed by atoms with Crippen LogP contribution in [0.3, 0.4) is 0 Å². The van der Waals surface area contributed by atoms with Crippen molar-refractivity contribution in [3.8, 4) is 0 Å². The molecule has 0 rings (SSSR count). The summed E-state index contributed by atoms with van der Waals surface area (Å²) in [7, 11) is -13.8. The van der Waals surface area contributed by atoms with Gasteiger partial charge in [-0.3, -0.25) is 28.0 Å². The molecule has 0 spiro atoms. The lowest BCUT2D eigenvalue weighted by molar-refractivity contribution is -0.147. The summed E-state index contributed by atoms with van der Waals surface area (Å²) < 4.78 is 57.4. The molecular weight excluding hydrogens is 957 g/mol. The first kappa shape index (κ1) is 69.6. The summed E-state index contributed by atoms with van der Waals surface area (Å²) in [4.78, 5) is 84.0. The van der Waals surface area contributed by atoms with Gasteiger partial charge in [0.05, 0.1) is 26.2 Å². The van der Waals surface area contributed by atoms with E-state index in [4.69, 9.17) is 43.9 Å². The molecule has 0 amide bonds. The largest absolute Gasteiger partial charge is 0.469 e. The van der Waals surface area contributed by atoms with E-state index in [1.807, 2.05) is 18.2 Å². The molecule has 3 atom stereocenters. The molecule has 0 saturated carbocycles. The van der Waals surface area contributed by atoms with E-state index < -0.39 is 79.5 Å². The van der Waals surface area contributed by atoms with Crippen LogP contribution in [0.5, 0.6) is 0 Å². The maximum atomic E-state index is 11.5. The van der Waals surface area contributed by atoms with Gasteiger partial charge in [-0.2, -0.15) is 0 Å². The standard InChI is InChI=1S/C23H39O7P.C15H29O7P.C6H13O7P/c1-2-3-4-5-6-7-8-9-10-11-12-13-14-15-16-17-18-19-23(25)29-20-22(24)21-30-31(26,27)28;1-2-3-4-5-6-7-8-9-10-11-15(17)21-12-14(16)13-22-23(18,19)20;1-2-6(8)12-3-5(7)4-13-14(9,10)11/h6-7,9-10,12-13,15-16,22,24H,2-5,8,11,14,17-21H2,1H3,(H2,26,27,28);9-10,14,16H,2-8,11-13H2,1H3,(H2,18,19,20);5,7H,2-4H2,1H3,(H2,9,10,11)/b7-6-,10-9-,13-12-,16-15-;10-9-;/t22-;14-;5-/m111/s1. The van der Waals surface area contributed by atoms with Crippen LogP contribution in [0, 0.1) is 0 Å². The predicted octanol–water partition coefficient (Wildman–Crippen LogP) is 7.25. The molecule has 0 aromatic carbocycles. The molecule has 0 heterocycles. The molecule has 9 N–H and O–H groups in total. The van der Waals surface area contributed by atoms with Gasteiger partial charge in [-0.15, -0.1) is 0 Å². The van der Waals surface area contributed by atoms with Gasteiger partial charge < -0.3 is 58.9 Å². The highest BCUT2D eigenvalue weighted by Gasteiger charge is 2.20. The molecule has 0 aromatic heterocycles. The van der Waals surface area contributed by atoms with Gasteiger partial charge >= 0.3 is 41.4 Å². The summed E-state index contributed by atoms with van der Waals surface area (Å²) >= 11 is 0. The highest BCUT2D eigenvalue weighted by Crippen LogP contribution is 2.36. The number of unbranched alkanes of at least 4 members (excludes halogenated alkanes) is 10. The fourth-order valence-electron chi connectivity index (χ4n) is 4.76. The molecule has 0 aliphatic heterocycles. The number of allylic oxidation sites excluding steroid dienone is 9. The summed E-state index contributed by atoms with van der Waals surface area (Å²) in [5, 5.41) is 27.8. The summed E-state index contributed by atoms with van der Waals surface area (Å²) in [6.45, 7) is 3.16. The van der Waals surface area contributed by atoms with E-state index in [1.165, 1.54) is 57.8 Å². The van der Waals surface area contributed by atoms with Crippen molar-refractivity contribution in [2.75, 3.05) is 39.6 Å². The topological polar surface area (TPSA) is 340 Å². The normalized spacial score (nSPS) is 13.6. The Balaban J connectivity index is -0.00000100. The maximum Gasteiger partial charge on any atom is 0.469 e. The van der Waals surface area contributed by atoms with Crippen molar-refractivity contribution < 1.29 is 101 Å². The SMILES string of the molecule is CCC(=O)OC[C@@H](O)COP(=O)(O)O.CCCCC/C=C\C/C=C\C/C=C\C/C=C\CCCC(=O)OC[C@@H](O)COP(=O)(O)O.CCCCCCCC/C=C\CC(=O)OC[C@@H](O)COP(=O)(O)O. The molecule has 0 aliphatic carbocycles. The first-order valence-corrected chi connectivity index (χ1v) is 27.5. The quantitative estimate of drug-likeness (QED) is 0.00962. The number of phosphoric ester groups is 3. The van der Waals surface area contributed by atoms with Crippen molar-refractivity contribution in [1.82, 2.24) is 0 Å². The lowest BCUT2D eigenvalue weighted by atomic mass is 10.1. The molecule has 0 aromatic rings. The molecular formula is C44H81O21P3. The zero-order valence-corrected chi connectivity index (χ0v) is 42.6. The van der Waals surface area contributed by atoms with Crippen molar-refractivity contribution >= 4 is 41.4 Å². The van der Waals surface area contributed by atoms with E-state index >= 15 is 0 Å². The number of aliphatic hydroxyl groups excluding tert-OH is 3. The number of carbonyl (C=O) groups excluding carboxylic acids is 3. The second-order valence-corrected chi connectivity index (χ2v) is 18.7. The van der Waals surface area contributed by atoms with Crippen molar-refractivity contribution in [2.45, 2.75) is 161 Å². The van der Waals surface area contributed by atoms with Gasteiger partial charge in [0.25, 0.3) is 0 Å². The Morgan fingerprint density at radius 3 is 1.15 bits per heavy atom. The Hall–Kier alpha value is -2.68. The molecule has 0 bridgehead atoms. The van der Waals surface area contributed by atoms with Crippen LogP contribution in [0.1, 0.15) is 143 Å². The van der Waals surface area contributed by atoms with Crippen LogP contribution in [0.4, 0.5) is 0 Å². The van der Waals surface area contributed by atoms with Crippen LogP contribution in [-0.2, 0) is 55.9 Å². The molecule has 0 fully saturated rings. The van der Waals surface area contributed by atoms with Crippen LogP contribution >= 0.6 is 23.5 Å². The predicted molar refractivity (Wildman–Crippen MR) is 255 cm³/mol.